The molecule has 4 atom stereocenters. The lowest BCUT2D eigenvalue weighted by atomic mass is 10.0. The number of rotatable bonds is 13. The monoisotopic (exact) mass is 452 g/mol. The van der Waals surface area contributed by atoms with Gasteiger partial charge in [-0.25, -0.2) is 4.79 Å². The van der Waals surface area contributed by atoms with E-state index in [9.17, 15) is 24.0 Å². The summed E-state index contributed by atoms with van der Waals surface area (Å²) in [5.41, 5.74) is 6.13. The number of carboxylic acids is 2. The van der Waals surface area contributed by atoms with E-state index in [0.29, 0.717) is 5.56 Å². The molecular weight excluding hydrogens is 424 g/mol. The van der Waals surface area contributed by atoms with E-state index in [1.165, 1.54) is 6.92 Å². The van der Waals surface area contributed by atoms with E-state index in [2.05, 4.69) is 16.0 Å². The van der Waals surface area contributed by atoms with E-state index in [1.54, 1.807) is 30.3 Å². The highest BCUT2D eigenvalue weighted by Gasteiger charge is 2.30. The van der Waals surface area contributed by atoms with E-state index in [0.717, 1.165) is 0 Å². The van der Waals surface area contributed by atoms with Gasteiger partial charge in [0.2, 0.25) is 17.7 Å². The van der Waals surface area contributed by atoms with Gasteiger partial charge in [-0.1, -0.05) is 30.3 Å². The molecule has 1 rings (SSSR count). The van der Waals surface area contributed by atoms with Crippen molar-refractivity contribution in [2.75, 3.05) is 6.61 Å². The molecule has 8 N–H and O–H groups in total. The lowest BCUT2D eigenvalue weighted by molar-refractivity contribution is -0.143. The van der Waals surface area contributed by atoms with E-state index in [1.807, 2.05) is 0 Å². The van der Waals surface area contributed by atoms with Gasteiger partial charge in [-0.15, -0.1) is 0 Å². The summed E-state index contributed by atoms with van der Waals surface area (Å²) in [4.78, 5) is 59.5. The van der Waals surface area contributed by atoms with Crippen LogP contribution in [0, 0.1) is 0 Å². The normalized spacial score (nSPS) is 14.3. The average molecular weight is 452 g/mol. The Balaban J connectivity index is 3.07. The summed E-state index contributed by atoms with van der Waals surface area (Å²) in [6.45, 7) is 0.521. The summed E-state index contributed by atoms with van der Waals surface area (Å²) in [6.07, 6.45) is -0.713. The van der Waals surface area contributed by atoms with Crippen LogP contribution >= 0.6 is 0 Å². The minimum absolute atomic E-state index is 0.0247. The molecule has 32 heavy (non-hydrogen) atoms. The third kappa shape index (κ3) is 9.10. The Morgan fingerprint density at radius 1 is 0.875 bits per heavy atom. The van der Waals surface area contributed by atoms with E-state index in [-0.39, 0.29) is 12.8 Å². The molecule has 4 unspecified atom stereocenters. The van der Waals surface area contributed by atoms with Crippen LogP contribution in [-0.4, -0.2) is 75.8 Å². The summed E-state index contributed by atoms with van der Waals surface area (Å²) in [7, 11) is 0. The van der Waals surface area contributed by atoms with Crippen LogP contribution in [0.1, 0.15) is 25.3 Å². The van der Waals surface area contributed by atoms with Crippen molar-refractivity contribution in [1.29, 1.82) is 0 Å². The molecule has 3 amide bonds. The fraction of sp³-hybridized carbons (Fsp3) is 0.450. The maximum Gasteiger partial charge on any atom is 0.328 e. The van der Waals surface area contributed by atoms with Gasteiger partial charge in [0.1, 0.15) is 18.1 Å². The van der Waals surface area contributed by atoms with Crippen molar-refractivity contribution in [1.82, 2.24) is 16.0 Å². The molecule has 176 valence electrons. The van der Waals surface area contributed by atoms with Crippen molar-refractivity contribution < 1.29 is 39.3 Å². The van der Waals surface area contributed by atoms with Gasteiger partial charge in [0.15, 0.2) is 0 Å². The van der Waals surface area contributed by atoms with Crippen LogP contribution in [-0.2, 0) is 30.4 Å². The number of aliphatic carboxylic acids is 2. The van der Waals surface area contributed by atoms with Crippen LogP contribution in [0.4, 0.5) is 0 Å². The third-order valence-corrected chi connectivity index (χ3v) is 4.41. The minimum atomic E-state index is -1.58. The van der Waals surface area contributed by atoms with Crippen molar-refractivity contribution >= 4 is 29.7 Å². The number of nitrogens with one attached hydrogen (secondary N) is 3. The minimum Gasteiger partial charge on any atom is -0.481 e. The summed E-state index contributed by atoms with van der Waals surface area (Å²) in [6, 6.07) is 3.44. The molecule has 12 nitrogen and oxygen atoms in total. The molecule has 0 aliphatic carbocycles. The third-order valence-electron chi connectivity index (χ3n) is 4.41. The van der Waals surface area contributed by atoms with E-state index in [4.69, 9.17) is 21.1 Å². The largest absolute Gasteiger partial charge is 0.481 e. The molecule has 0 spiro atoms. The second kappa shape index (κ2) is 13.0. The number of carbonyl (C=O) groups excluding carboxylic acids is 3. The van der Waals surface area contributed by atoms with Crippen LogP contribution < -0.4 is 21.7 Å². The quantitative estimate of drug-likeness (QED) is 0.176. The van der Waals surface area contributed by atoms with Crippen LogP contribution in [0.3, 0.4) is 0 Å². The van der Waals surface area contributed by atoms with Gasteiger partial charge >= 0.3 is 11.9 Å². The van der Waals surface area contributed by atoms with Crippen molar-refractivity contribution in [2.24, 2.45) is 5.73 Å². The van der Waals surface area contributed by atoms with Crippen LogP contribution in [0.25, 0.3) is 0 Å². The number of aliphatic hydroxyl groups is 1. The van der Waals surface area contributed by atoms with Gasteiger partial charge in [0, 0.05) is 12.8 Å². The number of aliphatic hydroxyl groups excluding tert-OH is 1. The van der Waals surface area contributed by atoms with E-state index < -0.39 is 66.9 Å². The van der Waals surface area contributed by atoms with E-state index >= 15 is 0 Å². The fourth-order valence-electron chi connectivity index (χ4n) is 2.63. The zero-order valence-corrected chi connectivity index (χ0v) is 17.5. The van der Waals surface area contributed by atoms with Crippen LogP contribution in [0.5, 0.6) is 0 Å². The fourth-order valence-corrected chi connectivity index (χ4v) is 2.63. The lowest BCUT2D eigenvalue weighted by Gasteiger charge is -2.24. The highest BCUT2D eigenvalue weighted by Crippen LogP contribution is 2.06. The topological polar surface area (TPSA) is 208 Å². The summed E-state index contributed by atoms with van der Waals surface area (Å²) in [5, 5.41) is 34.0. The van der Waals surface area contributed by atoms with Gasteiger partial charge in [-0.05, 0) is 18.9 Å². The first-order chi connectivity index (χ1) is 15.0. The predicted molar refractivity (Wildman–Crippen MR) is 111 cm³/mol. The Labute approximate surface area is 184 Å². The molecule has 0 radical (unpaired) electrons. The SMILES string of the molecule is CC(N)C(=O)NC(CCC(=O)O)C(=O)NC(Cc1ccccc1)C(=O)NC(CO)C(=O)O. The van der Waals surface area contributed by atoms with Gasteiger partial charge in [0.05, 0.1) is 12.6 Å². The Hall–Kier alpha value is -3.51. The molecule has 0 heterocycles. The van der Waals surface area contributed by atoms with Crippen molar-refractivity contribution in [3.05, 3.63) is 35.9 Å². The molecule has 0 bridgehead atoms. The first-order valence-corrected chi connectivity index (χ1v) is 9.81. The molecule has 1 aromatic carbocycles. The van der Waals surface area contributed by atoms with Crippen molar-refractivity contribution in [3.8, 4) is 0 Å². The predicted octanol–water partition coefficient (Wildman–Crippen LogP) is -2.03. The number of hydrogen-bond donors (Lipinski definition) is 7. The maximum atomic E-state index is 12.8. The highest BCUT2D eigenvalue weighted by atomic mass is 16.4. The lowest BCUT2D eigenvalue weighted by Crippen LogP contribution is -2.57. The van der Waals surface area contributed by atoms with Crippen molar-refractivity contribution in [2.45, 2.75) is 50.4 Å². The number of nitrogens with two attached hydrogens (primary N) is 1. The van der Waals surface area contributed by atoms with Gasteiger partial charge < -0.3 is 37.0 Å². The molecule has 0 saturated heterocycles. The average Bonchev–Trinajstić information content (AvgIpc) is 2.74. The molecule has 1 aromatic rings. The number of benzene rings is 1. The van der Waals surface area contributed by atoms with Crippen LogP contribution in [0.2, 0.25) is 0 Å². The Morgan fingerprint density at radius 2 is 1.41 bits per heavy atom. The summed E-state index contributed by atoms with van der Waals surface area (Å²) >= 11 is 0. The van der Waals surface area contributed by atoms with Gasteiger partial charge in [-0.2, -0.15) is 0 Å². The summed E-state index contributed by atoms with van der Waals surface area (Å²) in [5.74, 6) is -5.06. The number of carboxylic acid groups (broad SMARTS) is 2. The molecule has 0 saturated carbocycles. The summed E-state index contributed by atoms with van der Waals surface area (Å²) < 4.78 is 0. The molecule has 12 heteroatoms. The van der Waals surface area contributed by atoms with Crippen LogP contribution in [0.15, 0.2) is 30.3 Å². The Bertz CT molecular complexity index is 815. The van der Waals surface area contributed by atoms with Crippen molar-refractivity contribution in [3.63, 3.8) is 0 Å². The first-order valence-electron chi connectivity index (χ1n) is 9.81. The molecule has 0 aromatic heterocycles. The Kier molecular flexibility index (Phi) is 10.8. The highest BCUT2D eigenvalue weighted by molar-refractivity contribution is 5.94. The molecule has 0 fully saturated rings. The molecular formula is C20H28N4O8. The second-order valence-electron chi connectivity index (χ2n) is 7.12. The van der Waals surface area contributed by atoms with Gasteiger partial charge in [-0.3, -0.25) is 19.2 Å². The smallest absolute Gasteiger partial charge is 0.328 e. The van der Waals surface area contributed by atoms with Gasteiger partial charge in [0.25, 0.3) is 0 Å². The zero-order chi connectivity index (χ0) is 24.3. The number of amides is 3. The first kappa shape index (κ1) is 26.5. The maximum absolute atomic E-state index is 12.8. The standard InChI is InChI=1S/C20H28N4O8/c1-11(21)17(28)22-13(7-8-16(26)27)18(29)23-14(9-12-5-3-2-4-6-12)19(30)24-15(10-25)20(31)32/h2-6,11,13-15,25H,7-10,21H2,1H3,(H,22,28)(H,23,29)(H,24,30)(H,26,27)(H,31,32). The number of carbonyl (C=O) groups is 5. The second-order valence-corrected chi connectivity index (χ2v) is 7.12. The number of hydrogen-bond acceptors (Lipinski definition) is 7. The molecule has 0 aliphatic heterocycles. The molecule has 0 aliphatic rings. The zero-order valence-electron chi connectivity index (χ0n) is 17.5. The Morgan fingerprint density at radius 3 is 1.91 bits per heavy atom.